The summed E-state index contributed by atoms with van der Waals surface area (Å²) < 4.78 is 7.04. The van der Waals surface area contributed by atoms with Crippen LogP contribution in [0.5, 0.6) is 0 Å². The highest BCUT2D eigenvalue weighted by Gasteiger charge is 2.23. The third kappa shape index (κ3) is 4.25. The number of pyridine rings is 1. The van der Waals surface area contributed by atoms with Crippen LogP contribution in [0, 0.1) is 0 Å². The van der Waals surface area contributed by atoms with Crippen LogP contribution in [0.3, 0.4) is 0 Å². The zero-order valence-corrected chi connectivity index (χ0v) is 15.9. The fourth-order valence-electron chi connectivity index (χ4n) is 2.34. The molecule has 0 bridgehead atoms. The summed E-state index contributed by atoms with van der Waals surface area (Å²) in [5.41, 5.74) is 0.929. The fraction of sp³-hybridized carbons (Fsp3) is 0.0526. The monoisotopic (exact) mass is 405 g/mol. The molecule has 2 heterocycles. The van der Waals surface area contributed by atoms with Crippen LogP contribution < -0.4 is 9.88 Å². The Balaban J connectivity index is 1.99. The van der Waals surface area contributed by atoms with Crippen LogP contribution in [-0.2, 0) is 6.54 Å². The minimum atomic E-state index is -0.0169. The number of benzene rings is 1. The Morgan fingerprint density at radius 2 is 1.85 bits per heavy atom. The molecule has 0 saturated carbocycles. The first-order chi connectivity index (χ1) is 12.6. The minimum Gasteiger partial charge on any atom is -0.502 e. The van der Waals surface area contributed by atoms with Crippen molar-refractivity contribution in [3.63, 3.8) is 0 Å². The SMILES string of the molecule is O/C(=C(\C(=S)NCc1ccco1)[n+]1ccccc1)c1ccc(Cl)c(Cl)c1. The minimum absolute atomic E-state index is 0.0169. The molecule has 0 atom stereocenters. The van der Waals surface area contributed by atoms with Crippen LogP contribution in [-0.4, -0.2) is 10.1 Å². The molecule has 3 rings (SSSR count). The maximum absolute atomic E-state index is 10.9. The van der Waals surface area contributed by atoms with Gasteiger partial charge in [-0.05, 0) is 30.3 Å². The Morgan fingerprint density at radius 3 is 2.50 bits per heavy atom. The first-order valence-electron chi connectivity index (χ1n) is 7.72. The Kier molecular flexibility index (Phi) is 5.93. The van der Waals surface area contributed by atoms with Crippen molar-refractivity contribution < 1.29 is 14.1 Å². The Labute approximate surface area is 166 Å². The molecule has 0 radical (unpaired) electrons. The molecule has 0 unspecified atom stereocenters. The van der Waals surface area contributed by atoms with Crippen molar-refractivity contribution in [3.8, 4) is 0 Å². The molecule has 0 fully saturated rings. The summed E-state index contributed by atoms with van der Waals surface area (Å²) in [6.07, 6.45) is 5.18. The van der Waals surface area contributed by atoms with Crippen LogP contribution in [0.15, 0.2) is 71.6 Å². The van der Waals surface area contributed by atoms with Gasteiger partial charge in [-0.25, -0.2) is 0 Å². The lowest BCUT2D eigenvalue weighted by molar-refractivity contribution is -0.576. The summed E-state index contributed by atoms with van der Waals surface area (Å²) in [6.45, 7) is 0.400. The highest BCUT2D eigenvalue weighted by Crippen LogP contribution is 2.26. The largest absolute Gasteiger partial charge is 0.502 e. The molecule has 3 aromatic rings. The maximum atomic E-state index is 10.9. The van der Waals surface area contributed by atoms with Gasteiger partial charge in [0.15, 0.2) is 23.1 Å². The molecular formula is C19H15Cl2N2O2S+. The summed E-state index contributed by atoms with van der Waals surface area (Å²) in [5, 5.41) is 14.7. The van der Waals surface area contributed by atoms with Gasteiger partial charge in [0.2, 0.25) is 0 Å². The van der Waals surface area contributed by atoms with Crippen molar-refractivity contribution in [1.82, 2.24) is 5.32 Å². The standard InChI is InChI=1S/C19H14Cl2N2O2S/c20-15-7-6-13(11-16(15)21)18(24)17(23-8-2-1-3-9-23)19(26)22-12-14-5-4-10-25-14/h1-11H,12H2,(H-,22,24,26)/p+1. The quantitative estimate of drug-likeness (QED) is 0.275. The van der Waals surface area contributed by atoms with Gasteiger partial charge in [0.1, 0.15) is 5.76 Å². The fourth-order valence-corrected chi connectivity index (χ4v) is 2.91. The second-order valence-electron chi connectivity index (χ2n) is 5.37. The average Bonchev–Trinajstić information content (AvgIpc) is 3.17. The van der Waals surface area contributed by atoms with Gasteiger partial charge in [-0.3, -0.25) is 0 Å². The van der Waals surface area contributed by atoms with E-state index in [2.05, 4.69) is 5.32 Å². The maximum Gasteiger partial charge on any atom is 0.287 e. The molecule has 2 aromatic heterocycles. The van der Waals surface area contributed by atoms with Gasteiger partial charge in [0.05, 0.1) is 22.9 Å². The number of thiocarbonyl (C=S) groups is 1. The summed E-state index contributed by atoms with van der Waals surface area (Å²) in [7, 11) is 0. The number of hydrogen-bond donors (Lipinski definition) is 2. The number of rotatable bonds is 5. The number of hydrogen-bond acceptors (Lipinski definition) is 3. The number of nitrogens with zero attached hydrogens (tertiary/aromatic N) is 1. The van der Waals surface area contributed by atoms with E-state index in [1.54, 1.807) is 47.5 Å². The second-order valence-corrected chi connectivity index (χ2v) is 6.59. The van der Waals surface area contributed by atoms with Crippen LogP contribution in [0.4, 0.5) is 0 Å². The van der Waals surface area contributed by atoms with Crippen molar-refractivity contribution in [3.05, 3.63) is 88.6 Å². The molecule has 0 spiro atoms. The Morgan fingerprint density at radius 1 is 1.08 bits per heavy atom. The van der Waals surface area contributed by atoms with E-state index in [9.17, 15) is 5.11 Å². The number of aliphatic hydroxyl groups excluding tert-OH is 1. The van der Waals surface area contributed by atoms with E-state index in [0.29, 0.717) is 32.8 Å². The van der Waals surface area contributed by atoms with Crippen LogP contribution in [0.1, 0.15) is 11.3 Å². The van der Waals surface area contributed by atoms with E-state index in [1.807, 2.05) is 24.3 Å². The smallest absolute Gasteiger partial charge is 0.287 e. The van der Waals surface area contributed by atoms with Crippen molar-refractivity contribution in [2.24, 2.45) is 0 Å². The van der Waals surface area contributed by atoms with Gasteiger partial charge < -0.3 is 14.8 Å². The van der Waals surface area contributed by atoms with Crippen molar-refractivity contribution in [2.75, 3.05) is 0 Å². The van der Waals surface area contributed by atoms with E-state index >= 15 is 0 Å². The number of halogens is 2. The predicted octanol–water partition coefficient (Wildman–Crippen LogP) is 4.87. The van der Waals surface area contributed by atoms with E-state index in [0.717, 1.165) is 5.76 Å². The lowest BCUT2D eigenvalue weighted by Crippen LogP contribution is -2.40. The van der Waals surface area contributed by atoms with Gasteiger partial charge in [-0.15, -0.1) is 0 Å². The number of aliphatic hydroxyl groups is 1. The topological polar surface area (TPSA) is 49.3 Å². The second kappa shape index (κ2) is 8.36. The lowest BCUT2D eigenvalue weighted by Gasteiger charge is -2.09. The van der Waals surface area contributed by atoms with E-state index in [4.69, 9.17) is 39.8 Å². The molecule has 0 aliphatic rings. The van der Waals surface area contributed by atoms with Crippen molar-refractivity contribution in [2.45, 2.75) is 6.54 Å². The Bertz CT molecular complexity index is 941. The third-order valence-corrected chi connectivity index (χ3v) is 4.69. The predicted molar refractivity (Wildman–Crippen MR) is 107 cm³/mol. The summed E-state index contributed by atoms with van der Waals surface area (Å²) >= 11 is 17.6. The molecule has 4 nitrogen and oxygen atoms in total. The van der Waals surface area contributed by atoms with Crippen molar-refractivity contribution >= 4 is 51.9 Å². The molecule has 0 amide bonds. The lowest BCUT2D eigenvalue weighted by atomic mass is 10.1. The van der Waals surface area contributed by atoms with E-state index in [1.165, 1.54) is 0 Å². The van der Waals surface area contributed by atoms with Crippen molar-refractivity contribution in [1.29, 1.82) is 0 Å². The summed E-state index contributed by atoms with van der Waals surface area (Å²) in [6, 6.07) is 14.1. The highest BCUT2D eigenvalue weighted by atomic mass is 35.5. The van der Waals surface area contributed by atoms with E-state index in [-0.39, 0.29) is 5.76 Å². The molecule has 0 aliphatic carbocycles. The number of furan rings is 1. The van der Waals surface area contributed by atoms with Gasteiger partial charge in [0, 0.05) is 17.7 Å². The number of nitrogens with one attached hydrogen (secondary N) is 1. The normalized spacial score (nSPS) is 11.8. The highest BCUT2D eigenvalue weighted by molar-refractivity contribution is 7.81. The van der Waals surface area contributed by atoms with Crippen LogP contribution in [0.2, 0.25) is 10.0 Å². The van der Waals surface area contributed by atoms with Crippen LogP contribution in [0.25, 0.3) is 11.5 Å². The van der Waals surface area contributed by atoms with Crippen LogP contribution >= 0.6 is 35.4 Å². The van der Waals surface area contributed by atoms with Gasteiger partial charge >= 0.3 is 0 Å². The van der Waals surface area contributed by atoms with Gasteiger partial charge in [-0.1, -0.05) is 41.5 Å². The summed E-state index contributed by atoms with van der Waals surface area (Å²) in [4.78, 5) is 0.362. The molecule has 132 valence electrons. The molecule has 26 heavy (non-hydrogen) atoms. The summed E-state index contributed by atoms with van der Waals surface area (Å²) in [5.74, 6) is 0.718. The Hall–Kier alpha value is -2.34. The molecule has 1 aromatic carbocycles. The molecular weight excluding hydrogens is 391 g/mol. The first-order valence-corrected chi connectivity index (χ1v) is 8.88. The molecule has 0 saturated heterocycles. The van der Waals surface area contributed by atoms with E-state index < -0.39 is 0 Å². The molecule has 2 N–H and O–H groups in total. The molecule has 0 aliphatic heterocycles. The van der Waals surface area contributed by atoms with Gasteiger partial charge in [0.25, 0.3) is 5.70 Å². The van der Waals surface area contributed by atoms with Gasteiger partial charge in [-0.2, -0.15) is 4.57 Å². The third-order valence-electron chi connectivity index (χ3n) is 3.61. The zero-order chi connectivity index (χ0) is 18.5. The number of aromatic nitrogens is 1. The average molecular weight is 406 g/mol. The first kappa shape index (κ1) is 18.5. The molecule has 7 heteroatoms. The zero-order valence-electron chi connectivity index (χ0n) is 13.5.